The summed E-state index contributed by atoms with van der Waals surface area (Å²) in [6, 6.07) is 10.9. The third kappa shape index (κ3) is 2.90. The predicted octanol–water partition coefficient (Wildman–Crippen LogP) is 3.30. The summed E-state index contributed by atoms with van der Waals surface area (Å²) >= 11 is 1.75. The fourth-order valence-corrected chi connectivity index (χ4v) is 2.35. The summed E-state index contributed by atoms with van der Waals surface area (Å²) < 4.78 is 0. The van der Waals surface area contributed by atoms with E-state index in [-0.39, 0.29) is 0 Å². The molecule has 16 heavy (non-hydrogen) atoms. The van der Waals surface area contributed by atoms with Gasteiger partial charge in [-0.3, -0.25) is 0 Å². The third-order valence-corrected chi connectivity index (χ3v) is 3.46. The van der Waals surface area contributed by atoms with Gasteiger partial charge >= 0.3 is 0 Å². The van der Waals surface area contributed by atoms with Crippen LogP contribution in [0.4, 0.5) is 0 Å². The molecule has 1 heterocycles. The molecule has 0 spiro atoms. The van der Waals surface area contributed by atoms with Crippen LogP contribution in [0.15, 0.2) is 36.5 Å². The minimum absolute atomic E-state index is 0.378. The van der Waals surface area contributed by atoms with Gasteiger partial charge < -0.3 is 5.32 Å². The first-order valence-electron chi connectivity index (χ1n) is 5.45. The van der Waals surface area contributed by atoms with Crippen molar-refractivity contribution in [1.82, 2.24) is 10.3 Å². The first kappa shape index (κ1) is 11.3. The average molecular weight is 232 g/mol. The molecule has 1 atom stereocenters. The van der Waals surface area contributed by atoms with Crippen molar-refractivity contribution in [3.8, 4) is 0 Å². The molecule has 2 aromatic rings. The van der Waals surface area contributed by atoms with Crippen LogP contribution in [0.5, 0.6) is 0 Å². The summed E-state index contributed by atoms with van der Waals surface area (Å²) in [7, 11) is 0. The lowest BCUT2D eigenvalue weighted by Crippen LogP contribution is -2.17. The highest BCUT2D eigenvalue weighted by Crippen LogP contribution is 2.15. The number of nitrogens with one attached hydrogen (secondary N) is 1. The van der Waals surface area contributed by atoms with Crippen molar-refractivity contribution in [3.63, 3.8) is 0 Å². The van der Waals surface area contributed by atoms with Gasteiger partial charge in [-0.1, -0.05) is 30.3 Å². The van der Waals surface area contributed by atoms with E-state index in [1.807, 2.05) is 19.2 Å². The van der Waals surface area contributed by atoms with Crippen LogP contribution in [-0.2, 0) is 6.54 Å². The van der Waals surface area contributed by atoms with Gasteiger partial charge in [0.1, 0.15) is 0 Å². The second-order valence-corrected chi connectivity index (χ2v) is 5.18. The highest BCUT2D eigenvalue weighted by molar-refractivity contribution is 7.11. The standard InChI is InChI=1S/C13H16N2S/c1-10(12-6-4-3-5-7-12)14-8-13-9-15-11(2)16-13/h3-7,9-10,14H,8H2,1-2H3. The Labute approximate surface area is 100 Å². The highest BCUT2D eigenvalue weighted by Gasteiger charge is 2.04. The largest absolute Gasteiger partial charge is 0.305 e. The molecule has 0 radical (unpaired) electrons. The SMILES string of the molecule is Cc1ncc(CNC(C)c2ccccc2)s1. The molecule has 0 bridgehead atoms. The summed E-state index contributed by atoms with van der Waals surface area (Å²) in [5.74, 6) is 0. The molecule has 1 unspecified atom stereocenters. The Bertz CT molecular complexity index is 436. The van der Waals surface area contributed by atoms with Gasteiger partial charge in [0, 0.05) is 23.7 Å². The van der Waals surface area contributed by atoms with E-state index in [1.165, 1.54) is 10.4 Å². The molecule has 0 saturated heterocycles. The van der Waals surface area contributed by atoms with E-state index in [1.54, 1.807) is 11.3 Å². The van der Waals surface area contributed by atoms with Crippen LogP contribution < -0.4 is 5.32 Å². The number of rotatable bonds is 4. The molecule has 1 N–H and O–H groups in total. The maximum absolute atomic E-state index is 4.25. The zero-order valence-corrected chi connectivity index (χ0v) is 10.4. The van der Waals surface area contributed by atoms with Crippen LogP contribution in [-0.4, -0.2) is 4.98 Å². The topological polar surface area (TPSA) is 24.9 Å². The van der Waals surface area contributed by atoms with Crippen molar-refractivity contribution in [3.05, 3.63) is 52.0 Å². The molecule has 0 fully saturated rings. The molecule has 2 rings (SSSR count). The van der Waals surface area contributed by atoms with Crippen LogP contribution in [0.1, 0.15) is 28.4 Å². The van der Waals surface area contributed by atoms with Gasteiger partial charge in [-0.05, 0) is 19.4 Å². The maximum Gasteiger partial charge on any atom is 0.0897 e. The van der Waals surface area contributed by atoms with E-state index >= 15 is 0 Å². The normalized spacial score (nSPS) is 12.6. The number of benzene rings is 1. The molecule has 1 aromatic heterocycles. The molecule has 0 saturated carbocycles. The van der Waals surface area contributed by atoms with Gasteiger partial charge in [0.2, 0.25) is 0 Å². The monoisotopic (exact) mass is 232 g/mol. The Morgan fingerprint density at radius 1 is 1.31 bits per heavy atom. The van der Waals surface area contributed by atoms with E-state index in [9.17, 15) is 0 Å². The molecule has 1 aromatic carbocycles. The Morgan fingerprint density at radius 3 is 2.69 bits per heavy atom. The molecule has 84 valence electrons. The first-order chi connectivity index (χ1) is 7.75. The van der Waals surface area contributed by atoms with E-state index < -0.39 is 0 Å². The number of aryl methyl sites for hydroxylation is 1. The third-order valence-electron chi connectivity index (χ3n) is 2.55. The van der Waals surface area contributed by atoms with Crippen LogP contribution in [0.3, 0.4) is 0 Å². The summed E-state index contributed by atoms with van der Waals surface area (Å²) in [6.07, 6.45) is 1.95. The van der Waals surface area contributed by atoms with E-state index in [4.69, 9.17) is 0 Å². The molecule has 2 nitrogen and oxygen atoms in total. The van der Waals surface area contributed by atoms with Crippen molar-refractivity contribution in [2.75, 3.05) is 0 Å². The molecule has 0 amide bonds. The smallest absolute Gasteiger partial charge is 0.0897 e. The number of hydrogen-bond donors (Lipinski definition) is 1. The molecule has 0 aliphatic carbocycles. The van der Waals surface area contributed by atoms with Crippen LogP contribution in [0, 0.1) is 6.92 Å². The quantitative estimate of drug-likeness (QED) is 0.875. The summed E-state index contributed by atoms with van der Waals surface area (Å²) in [5.41, 5.74) is 1.32. The Balaban J connectivity index is 1.91. The molecular formula is C13H16N2S. The molecule has 3 heteroatoms. The maximum atomic E-state index is 4.25. The fraction of sp³-hybridized carbons (Fsp3) is 0.308. The van der Waals surface area contributed by atoms with Gasteiger partial charge in [0.05, 0.1) is 5.01 Å². The van der Waals surface area contributed by atoms with Gasteiger partial charge in [0.25, 0.3) is 0 Å². The summed E-state index contributed by atoms with van der Waals surface area (Å²) in [5, 5.41) is 4.63. The van der Waals surface area contributed by atoms with Crippen molar-refractivity contribution >= 4 is 11.3 Å². The molecule has 0 aliphatic rings. The zero-order valence-electron chi connectivity index (χ0n) is 9.60. The van der Waals surface area contributed by atoms with E-state index in [2.05, 4.69) is 41.5 Å². The fourth-order valence-electron chi connectivity index (χ4n) is 1.60. The van der Waals surface area contributed by atoms with E-state index in [0.29, 0.717) is 6.04 Å². The first-order valence-corrected chi connectivity index (χ1v) is 6.27. The minimum Gasteiger partial charge on any atom is -0.305 e. The predicted molar refractivity (Wildman–Crippen MR) is 68.5 cm³/mol. The zero-order chi connectivity index (χ0) is 11.4. The lowest BCUT2D eigenvalue weighted by molar-refractivity contribution is 0.578. The lowest BCUT2D eigenvalue weighted by atomic mass is 10.1. The Morgan fingerprint density at radius 2 is 2.06 bits per heavy atom. The second kappa shape index (κ2) is 5.23. The number of nitrogens with zero attached hydrogens (tertiary/aromatic N) is 1. The van der Waals surface area contributed by atoms with Gasteiger partial charge in [0.15, 0.2) is 0 Å². The van der Waals surface area contributed by atoms with Crippen molar-refractivity contribution in [1.29, 1.82) is 0 Å². The number of thiazole rings is 1. The molecular weight excluding hydrogens is 216 g/mol. The lowest BCUT2D eigenvalue weighted by Gasteiger charge is -2.12. The van der Waals surface area contributed by atoms with Crippen LogP contribution >= 0.6 is 11.3 Å². The van der Waals surface area contributed by atoms with Crippen molar-refractivity contribution < 1.29 is 0 Å². The molecule has 0 aliphatic heterocycles. The number of aromatic nitrogens is 1. The summed E-state index contributed by atoms with van der Waals surface area (Å²) in [6.45, 7) is 5.11. The Kier molecular flexibility index (Phi) is 3.70. The minimum atomic E-state index is 0.378. The van der Waals surface area contributed by atoms with Crippen molar-refractivity contribution in [2.45, 2.75) is 26.4 Å². The summed E-state index contributed by atoms with van der Waals surface area (Å²) in [4.78, 5) is 5.54. The van der Waals surface area contributed by atoms with Crippen LogP contribution in [0.2, 0.25) is 0 Å². The van der Waals surface area contributed by atoms with Gasteiger partial charge in [-0.2, -0.15) is 0 Å². The Hall–Kier alpha value is -1.19. The van der Waals surface area contributed by atoms with Gasteiger partial charge in [-0.15, -0.1) is 11.3 Å². The number of hydrogen-bond acceptors (Lipinski definition) is 3. The van der Waals surface area contributed by atoms with Crippen molar-refractivity contribution in [2.24, 2.45) is 0 Å². The van der Waals surface area contributed by atoms with E-state index in [0.717, 1.165) is 11.6 Å². The van der Waals surface area contributed by atoms with Crippen LogP contribution in [0.25, 0.3) is 0 Å². The average Bonchev–Trinajstić information content (AvgIpc) is 2.73. The highest BCUT2D eigenvalue weighted by atomic mass is 32.1. The van der Waals surface area contributed by atoms with Gasteiger partial charge in [-0.25, -0.2) is 4.98 Å². The second-order valence-electron chi connectivity index (χ2n) is 3.86.